The van der Waals surface area contributed by atoms with Crippen molar-refractivity contribution in [1.29, 1.82) is 0 Å². The summed E-state index contributed by atoms with van der Waals surface area (Å²) in [4.78, 5) is 35.8. The highest BCUT2D eigenvalue weighted by atomic mass is 16.5. The highest BCUT2D eigenvalue weighted by molar-refractivity contribution is 6.02. The zero-order chi connectivity index (χ0) is 14.4. The molecular formula is C15H23NO4. The van der Waals surface area contributed by atoms with Crippen molar-refractivity contribution in [3.05, 3.63) is 0 Å². The Bertz CT molecular complexity index is 356. The number of rotatable bonds is 4. The van der Waals surface area contributed by atoms with Gasteiger partial charge in [0.2, 0.25) is 11.8 Å². The Labute approximate surface area is 119 Å². The minimum atomic E-state index is -0.289. The first kappa shape index (κ1) is 15.0. The summed E-state index contributed by atoms with van der Waals surface area (Å²) >= 11 is 0. The molecule has 112 valence electrons. The topological polar surface area (TPSA) is 63.7 Å². The standard InChI is InChI=1S/C15H23NO4/c17-13-8-9-14(18)16(13)11-10-15(19)20-12-6-4-2-1-3-5-7-12/h12H,1-11H2. The molecular weight excluding hydrogens is 258 g/mol. The number of nitrogens with zero attached hydrogens (tertiary/aromatic N) is 1. The van der Waals surface area contributed by atoms with Crippen LogP contribution in [0.15, 0.2) is 0 Å². The van der Waals surface area contributed by atoms with Gasteiger partial charge in [-0.05, 0) is 25.7 Å². The number of ether oxygens (including phenoxy) is 1. The number of amides is 2. The monoisotopic (exact) mass is 281 g/mol. The number of hydrogen-bond donors (Lipinski definition) is 0. The van der Waals surface area contributed by atoms with Crippen molar-refractivity contribution in [1.82, 2.24) is 4.90 Å². The van der Waals surface area contributed by atoms with Crippen molar-refractivity contribution in [2.45, 2.75) is 70.3 Å². The van der Waals surface area contributed by atoms with Gasteiger partial charge in [0.1, 0.15) is 6.10 Å². The first-order valence-electron chi connectivity index (χ1n) is 7.69. The zero-order valence-electron chi connectivity index (χ0n) is 11.9. The molecule has 2 rings (SSSR count). The summed E-state index contributed by atoms with van der Waals surface area (Å²) in [5, 5.41) is 0. The van der Waals surface area contributed by atoms with Gasteiger partial charge in [0, 0.05) is 19.4 Å². The van der Waals surface area contributed by atoms with E-state index in [0.29, 0.717) is 0 Å². The number of esters is 1. The summed E-state index contributed by atoms with van der Waals surface area (Å²) in [6.07, 6.45) is 8.49. The van der Waals surface area contributed by atoms with Crippen LogP contribution in [0.1, 0.15) is 64.2 Å². The molecule has 1 aliphatic carbocycles. The van der Waals surface area contributed by atoms with Gasteiger partial charge in [-0.2, -0.15) is 0 Å². The van der Waals surface area contributed by atoms with E-state index in [4.69, 9.17) is 4.74 Å². The van der Waals surface area contributed by atoms with Gasteiger partial charge in [0.05, 0.1) is 6.42 Å². The second-order valence-corrected chi connectivity index (χ2v) is 5.65. The predicted octanol–water partition coefficient (Wildman–Crippen LogP) is 2.18. The van der Waals surface area contributed by atoms with E-state index in [1.165, 1.54) is 24.2 Å². The molecule has 1 saturated heterocycles. The Morgan fingerprint density at radius 2 is 1.55 bits per heavy atom. The zero-order valence-corrected chi connectivity index (χ0v) is 11.9. The van der Waals surface area contributed by atoms with Crippen molar-refractivity contribution < 1.29 is 19.1 Å². The van der Waals surface area contributed by atoms with E-state index in [0.717, 1.165) is 25.7 Å². The fourth-order valence-corrected chi connectivity index (χ4v) is 2.86. The predicted molar refractivity (Wildman–Crippen MR) is 72.8 cm³/mol. The third-order valence-electron chi connectivity index (χ3n) is 4.04. The van der Waals surface area contributed by atoms with Crippen molar-refractivity contribution >= 4 is 17.8 Å². The molecule has 2 amide bonds. The molecule has 0 spiro atoms. The smallest absolute Gasteiger partial charge is 0.307 e. The van der Waals surface area contributed by atoms with Crippen molar-refractivity contribution in [3.63, 3.8) is 0 Å². The molecule has 0 radical (unpaired) electrons. The van der Waals surface area contributed by atoms with Crippen LogP contribution in [0.25, 0.3) is 0 Å². The molecule has 0 N–H and O–H groups in total. The Hall–Kier alpha value is -1.39. The molecule has 0 atom stereocenters. The van der Waals surface area contributed by atoms with Gasteiger partial charge < -0.3 is 4.74 Å². The Morgan fingerprint density at radius 3 is 2.15 bits per heavy atom. The molecule has 20 heavy (non-hydrogen) atoms. The second kappa shape index (κ2) is 7.41. The largest absolute Gasteiger partial charge is 0.462 e. The third kappa shape index (κ3) is 4.32. The maximum atomic E-state index is 11.8. The van der Waals surface area contributed by atoms with Gasteiger partial charge in [-0.3, -0.25) is 19.3 Å². The van der Waals surface area contributed by atoms with E-state index >= 15 is 0 Å². The maximum absolute atomic E-state index is 11.8. The van der Waals surface area contributed by atoms with E-state index in [1.807, 2.05) is 0 Å². The van der Waals surface area contributed by atoms with E-state index in [1.54, 1.807) is 0 Å². The fourth-order valence-electron chi connectivity index (χ4n) is 2.86. The summed E-state index contributed by atoms with van der Waals surface area (Å²) in [6.45, 7) is 0.170. The molecule has 0 aromatic heterocycles. The average Bonchev–Trinajstić information content (AvgIpc) is 2.70. The van der Waals surface area contributed by atoms with Crippen LogP contribution in [0.3, 0.4) is 0 Å². The molecule has 2 fully saturated rings. The van der Waals surface area contributed by atoms with Crippen LogP contribution in [0, 0.1) is 0 Å². The summed E-state index contributed by atoms with van der Waals surface area (Å²) in [6, 6.07) is 0. The lowest BCUT2D eigenvalue weighted by Gasteiger charge is -2.21. The number of imide groups is 1. The van der Waals surface area contributed by atoms with Crippen molar-refractivity contribution in [2.24, 2.45) is 0 Å². The van der Waals surface area contributed by atoms with Gasteiger partial charge >= 0.3 is 5.97 Å². The normalized spacial score (nSPS) is 21.7. The highest BCUT2D eigenvalue weighted by Crippen LogP contribution is 2.20. The van der Waals surface area contributed by atoms with Crippen LogP contribution in [0.4, 0.5) is 0 Å². The fraction of sp³-hybridized carbons (Fsp3) is 0.800. The van der Waals surface area contributed by atoms with Crippen LogP contribution in [0.5, 0.6) is 0 Å². The third-order valence-corrected chi connectivity index (χ3v) is 4.04. The summed E-state index contributed by atoms with van der Waals surface area (Å²) in [5.41, 5.74) is 0. The SMILES string of the molecule is O=C(CCN1C(=O)CCC1=O)OC1CCCCCCC1. The molecule has 5 heteroatoms. The number of carbonyl (C=O) groups excluding carboxylic acids is 3. The van der Waals surface area contributed by atoms with Gasteiger partial charge in [0.25, 0.3) is 0 Å². The minimum absolute atomic E-state index is 0.0211. The Balaban J connectivity index is 1.71. The summed E-state index contributed by atoms with van der Waals surface area (Å²) in [5.74, 6) is -0.634. The molecule has 0 aromatic rings. The average molecular weight is 281 g/mol. The van der Waals surface area contributed by atoms with Crippen LogP contribution in [-0.2, 0) is 19.1 Å². The van der Waals surface area contributed by atoms with E-state index in [-0.39, 0.29) is 49.7 Å². The summed E-state index contributed by atoms with van der Waals surface area (Å²) in [7, 11) is 0. The van der Waals surface area contributed by atoms with Crippen LogP contribution in [0.2, 0.25) is 0 Å². The van der Waals surface area contributed by atoms with Gasteiger partial charge in [-0.15, -0.1) is 0 Å². The number of likely N-dealkylation sites (tertiary alicyclic amines) is 1. The lowest BCUT2D eigenvalue weighted by molar-refractivity contribution is -0.151. The van der Waals surface area contributed by atoms with E-state index in [2.05, 4.69) is 0 Å². The van der Waals surface area contributed by atoms with Gasteiger partial charge in [0.15, 0.2) is 0 Å². The van der Waals surface area contributed by atoms with Gasteiger partial charge in [-0.25, -0.2) is 0 Å². The minimum Gasteiger partial charge on any atom is -0.462 e. The highest BCUT2D eigenvalue weighted by Gasteiger charge is 2.29. The number of carbonyl (C=O) groups is 3. The lowest BCUT2D eigenvalue weighted by Crippen LogP contribution is -2.32. The molecule has 0 aromatic carbocycles. The Morgan fingerprint density at radius 1 is 1.00 bits per heavy atom. The second-order valence-electron chi connectivity index (χ2n) is 5.65. The molecule has 0 bridgehead atoms. The first-order valence-corrected chi connectivity index (χ1v) is 7.69. The van der Waals surface area contributed by atoms with Crippen LogP contribution >= 0.6 is 0 Å². The van der Waals surface area contributed by atoms with Crippen molar-refractivity contribution in [3.8, 4) is 0 Å². The van der Waals surface area contributed by atoms with Crippen LogP contribution < -0.4 is 0 Å². The van der Waals surface area contributed by atoms with E-state index < -0.39 is 0 Å². The molecule has 2 aliphatic rings. The summed E-state index contributed by atoms with van der Waals surface area (Å²) < 4.78 is 5.47. The molecule has 0 unspecified atom stereocenters. The van der Waals surface area contributed by atoms with Gasteiger partial charge in [-0.1, -0.05) is 19.3 Å². The maximum Gasteiger partial charge on any atom is 0.307 e. The molecule has 5 nitrogen and oxygen atoms in total. The molecule has 1 aliphatic heterocycles. The van der Waals surface area contributed by atoms with Crippen molar-refractivity contribution in [2.75, 3.05) is 6.54 Å². The Kier molecular flexibility index (Phi) is 5.56. The molecule has 1 saturated carbocycles. The lowest BCUT2D eigenvalue weighted by atomic mass is 9.98. The van der Waals surface area contributed by atoms with E-state index in [9.17, 15) is 14.4 Å². The molecule has 1 heterocycles. The quantitative estimate of drug-likeness (QED) is 0.585. The number of hydrogen-bond acceptors (Lipinski definition) is 4. The first-order chi connectivity index (χ1) is 9.66. The van der Waals surface area contributed by atoms with Crippen LogP contribution in [-0.4, -0.2) is 35.3 Å².